The van der Waals surface area contributed by atoms with Crippen molar-refractivity contribution < 1.29 is 38.8 Å². The van der Waals surface area contributed by atoms with Crippen molar-refractivity contribution in [3.05, 3.63) is 62.9 Å². The topological polar surface area (TPSA) is 251 Å². The number of esters is 3. The molecule has 2 aromatic heterocycles. The van der Waals surface area contributed by atoms with Crippen LogP contribution in [0, 0.1) is 0 Å². The van der Waals surface area contributed by atoms with Gasteiger partial charge < -0.3 is 24.4 Å². The monoisotopic (exact) mass is 644 g/mol. The van der Waals surface area contributed by atoms with Gasteiger partial charge in [-0.2, -0.15) is 0 Å². The molecule has 20 nitrogen and oxygen atoms in total. The van der Waals surface area contributed by atoms with Crippen molar-refractivity contribution >= 4 is 17.9 Å². The van der Waals surface area contributed by atoms with Crippen LogP contribution in [0.5, 0.6) is 0 Å². The Balaban J connectivity index is 2.27. The molecule has 0 aliphatic rings. The van der Waals surface area contributed by atoms with Gasteiger partial charge >= 0.3 is 52.0 Å². The van der Waals surface area contributed by atoms with Crippen molar-refractivity contribution in [3.63, 3.8) is 0 Å². The molecule has 2 rings (SSSR count). The third-order valence-electron chi connectivity index (χ3n) is 6.31. The number of rotatable bonds is 18. The molecule has 2 N–H and O–H groups in total. The highest BCUT2D eigenvalue weighted by Crippen LogP contribution is 1.94. The Labute approximate surface area is 252 Å². The minimum atomic E-state index is -1.13. The molecule has 0 saturated carbocycles. The highest BCUT2D eigenvalue weighted by molar-refractivity contribution is 5.69. The zero-order chi connectivity index (χ0) is 33.7. The molecule has 0 aromatic carbocycles. The maximum atomic E-state index is 13.0. The Morgan fingerprint density at radius 3 is 1.16 bits per heavy atom. The Hall–Kier alpha value is -4.85. The largest absolute Gasteiger partial charge is 0.469 e. The number of carbonyl (C=O) groups is 3. The summed E-state index contributed by atoms with van der Waals surface area (Å²) in [6.45, 7) is -2.73. The number of aliphatic hydroxyl groups excluding tert-OH is 2. The molecule has 250 valence electrons. The molecule has 0 spiro atoms. The lowest BCUT2D eigenvalue weighted by molar-refractivity contribution is -0.144. The molecule has 2 aromatic rings. The lowest BCUT2D eigenvalue weighted by Gasteiger charge is -2.14. The normalized spacial score (nSPS) is 10.9. The van der Waals surface area contributed by atoms with Crippen molar-refractivity contribution in [2.75, 3.05) is 33.5 Å². The van der Waals surface area contributed by atoms with Crippen molar-refractivity contribution in [2.24, 2.45) is 0 Å². The van der Waals surface area contributed by atoms with Crippen LogP contribution in [0.1, 0.15) is 32.6 Å². The van der Waals surface area contributed by atoms with Crippen LogP contribution in [-0.2, 0) is 67.9 Å². The van der Waals surface area contributed by atoms with Crippen LogP contribution in [0.3, 0.4) is 0 Å². The number of aliphatic hydroxyl groups is 2. The molecule has 2 heterocycles. The predicted molar refractivity (Wildman–Crippen MR) is 151 cm³/mol. The average molecular weight is 645 g/mol. The summed E-state index contributed by atoms with van der Waals surface area (Å²) < 4.78 is 18.0. The van der Waals surface area contributed by atoms with E-state index in [9.17, 15) is 43.2 Å². The Bertz CT molecular complexity index is 1680. The quantitative estimate of drug-likeness (QED) is 0.114. The Kier molecular flexibility index (Phi) is 14.1. The summed E-state index contributed by atoms with van der Waals surface area (Å²) >= 11 is 0. The SMILES string of the molecule is CCCOC(=O)CCn1c(=O)n(CCC(=O)OC)c(=O)n(CCC(=O)OCCn2c(=O)n(CCO)c(=O)n(CCO)c2=O)c1=O. The van der Waals surface area contributed by atoms with E-state index in [4.69, 9.17) is 19.7 Å². The first-order chi connectivity index (χ1) is 21.4. The van der Waals surface area contributed by atoms with Gasteiger partial charge in [0.25, 0.3) is 0 Å². The van der Waals surface area contributed by atoms with Crippen LogP contribution in [0.15, 0.2) is 28.8 Å². The van der Waals surface area contributed by atoms with Gasteiger partial charge in [-0.1, -0.05) is 6.92 Å². The first-order valence-corrected chi connectivity index (χ1v) is 13.9. The van der Waals surface area contributed by atoms with Gasteiger partial charge in [0.1, 0.15) is 6.61 Å². The number of aromatic nitrogens is 6. The number of carbonyl (C=O) groups excluding carboxylic acids is 3. The third kappa shape index (κ3) is 9.32. The van der Waals surface area contributed by atoms with Crippen molar-refractivity contribution in [1.29, 1.82) is 0 Å². The number of methoxy groups -OCH3 is 1. The van der Waals surface area contributed by atoms with E-state index in [1.165, 1.54) is 0 Å². The summed E-state index contributed by atoms with van der Waals surface area (Å²) in [6.07, 6.45) is -0.814. The fourth-order valence-corrected chi connectivity index (χ4v) is 4.04. The maximum Gasteiger partial charge on any atom is 0.336 e. The summed E-state index contributed by atoms with van der Waals surface area (Å²) in [5.41, 5.74) is -6.54. The lowest BCUT2D eigenvalue weighted by atomic mass is 10.4. The van der Waals surface area contributed by atoms with Crippen molar-refractivity contribution in [3.8, 4) is 0 Å². The molecule has 0 amide bonds. The maximum absolute atomic E-state index is 13.0. The molecule has 0 atom stereocenters. The molecule has 0 aliphatic heterocycles. The number of hydrogen-bond acceptors (Lipinski definition) is 14. The zero-order valence-corrected chi connectivity index (χ0v) is 24.9. The van der Waals surface area contributed by atoms with E-state index in [1.54, 1.807) is 6.92 Å². The summed E-state index contributed by atoms with van der Waals surface area (Å²) in [4.78, 5) is 113. The molecule has 0 radical (unpaired) electrons. The van der Waals surface area contributed by atoms with Crippen LogP contribution in [-0.4, -0.2) is 89.1 Å². The van der Waals surface area contributed by atoms with Gasteiger partial charge in [0.2, 0.25) is 0 Å². The van der Waals surface area contributed by atoms with Gasteiger partial charge in [0.05, 0.1) is 65.8 Å². The summed E-state index contributed by atoms with van der Waals surface area (Å²) in [6, 6.07) is 0. The predicted octanol–water partition coefficient (Wildman–Crippen LogP) is -4.82. The van der Waals surface area contributed by atoms with Crippen LogP contribution in [0.4, 0.5) is 0 Å². The van der Waals surface area contributed by atoms with Crippen LogP contribution < -0.4 is 34.1 Å². The second-order valence-corrected chi connectivity index (χ2v) is 9.32. The first-order valence-electron chi connectivity index (χ1n) is 13.9. The van der Waals surface area contributed by atoms with E-state index in [-0.39, 0.29) is 13.0 Å². The van der Waals surface area contributed by atoms with Crippen LogP contribution >= 0.6 is 0 Å². The second-order valence-electron chi connectivity index (χ2n) is 9.32. The summed E-state index contributed by atoms with van der Waals surface area (Å²) in [5, 5.41) is 18.3. The van der Waals surface area contributed by atoms with Gasteiger partial charge in [0.15, 0.2) is 0 Å². The number of ether oxygens (including phenoxy) is 3. The fraction of sp³-hybridized carbons (Fsp3) is 0.640. The van der Waals surface area contributed by atoms with E-state index >= 15 is 0 Å². The van der Waals surface area contributed by atoms with Gasteiger partial charge in [-0.25, -0.2) is 56.2 Å². The van der Waals surface area contributed by atoms with E-state index in [2.05, 4.69) is 4.74 Å². The van der Waals surface area contributed by atoms with Crippen molar-refractivity contribution in [2.45, 2.75) is 71.9 Å². The number of nitrogens with zero attached hydrogens (tertiary/aromatic N) is 6. The molecule has 45 heavy (non-hydrogen) atoms. The Morgan fingerprint density at radius 2 is 0.822 bits per heavy atom. The van der Waals surface area contributed by atoms with E-state index in [0.717, 1.165) is 7.11 Å². The highest BCUT2D eigenvalue weighted by atomic mass is 16.5. The molecule has 0 bridgehead atoms. The standard InChI is InChI=1S/C25H36N6O14/c1-3-15-44-18(35)5-8-27-20(37)26(7-4-17(34)43-2)21(38)28(22(27)39)9-6-19(36)45-16-12-31-24(41)29(10-13-32)23(40)30(11-14-33)25(31)42/h32-33H,3-16H2,1-2H3. The van der Waals surface area contributed by atoms with E-state index in [1.807, 2.05) is 0 Å². The minimum absolute atomic E-state index is 0.124. The first kappa shape index (κ1) is 36.3. The zero-order valence-electron chi connectivity index (χ0n) is 24.9. The summed E-state index contributed by atoms with van der Waals surface area (Å²) in [5.74, 6) is -2.42. The molecular formula is C25H36N6O14. The molecule has 0 saturated heterocycles. The molecule has 0 aliphatic carbocycles. The van der Waals surface area contributed by atoms with Gasteiger partial charge in [-0.05, 0) is 6.42 Å². The molecule has 0 unspecified atom stereocenters. The van der Waals surface area contributed by atoms with Crippen molar-refractivity contribution in [1.82, 2.24) is 27.4 Å². The third-order valence-corrected chi connectivity index (χ3v) is 6.31. The fourth-order valence-electron chi connectivity index (χ4n) is 4.04. The van der Waals surface area contributed by atoms with Gasteiger partial charge in [0, 0.05) is 19.6 Å². The molecule has 0 fully saturated rings. The van der Waals surface area contributed by atoms with Crippen LogP contribution in [0.25, 0.3) is 0 Å². The van der Waals surface area contributed by atoms with Crippen LogP contribution in [0.2, 0.25) is 0 Å². The van der Waals surface area contributed by atoms with Gasteiger partial charge in [-0.15, -0.1) is 0 Å². The highest BCUT2D eigenvalue weighted by Gasteiger charge is 2.19. The second kappa shape index (κ2) is 17.4. The van der Waals surface area contributed by atoms with E-state index < -0.39 is 124 Å². The van der Waals surface area contributed by atoms with Gasteiger partial charge in [-0.3, -0.25) is 14.4 Å². The minimum Gasteiger partial charge on any atom is -0.469 e. The average Bonchev–Trinajstić information content (AvgIpc) is 3.01. The molecule has 20 heteroatoms. The summed E-state index contributed by atoms with van der Waals surface area (Å²) in [7, 11) is 1.10. The smallest absolute Gasteiger partial charge is 0.336 e. The Morgan fingerprint density at radius 1 is 0.511 bits per heavy atom. The number of hydrogen-bond donors (Lipinski definition) is 2. The van der Waals surface area contributed by atoms with E-state index in [0.29, 0.717) is 33.8 Å². The molecular weight excluding hydrogens is 608 g/mol. The lowest BCUT2D eigenvalue weighted by Crippen LogP contribution is -2.55.